The Kier molecular flexibility index (Phi) is 5.57. The highest BCUT2D eigenvalue weighted by Crippen LogP contribution is 2.38. The highest BCUT2D eigenvalue weighted by atomic mass is 15.2. The number of hydrogen-bond donors (Lipinski definition) is 3. The molecule has 1 fully saturated rings. The van der Waals surface area contributed by atoms with E-state index >= 15 is 0 Å². The lowest BCUT2D eigenvalue weighted by atomic mass is 9.89. The molecule has 32 heavy (non-hydrogen) atoms. The number of hydrogen-bond acceptors (Lipinski definition) is 7. The lowest BCUT2D eigenvalue weighted by Gasteiger charge is -2.34. The van der Waals surface area contributed by atoms with Gasteiger partial charge in [0.05, 0.1) is 5.69 Å². The molecule has 5 rings (SSSR count). The first-order valence-corrected chi connectivity index (χ1v) is 11.4. The van der Waals surface area contributed by atoms with E-state index in [0.717, 1.165) is 56.0 Å². The number of fused-ring (bicyclic) bond motifs is 1. The number of anilines is 3. The summed E-state index contributed by atoms with van der Waals surface area (Å²) in [6.45, 7) is 6.54. The van der Waals surface area contributed by atoms with Gasteiger partial charge in [-0.1, -0.05) is 19.4 Å². The lowest BCUT2D eigenvalue weighted by molar-refractivity contribution is 0.313. The van der Waals surface area contributed by atoms with E-state index in [1.54, 1.807) is 0 Å². The summed E-state index contributed by atoms with van der Waals surface area (Å²) in [6, 6.07) is 10.5. The van der Waals surface area contributed by atoms with Gasteiger partial charge in [0, 0.05) is 61.1 Å². The second kappa shape index (κ2) is 8.67. The average molecular weight is 430 g/mol. The maximum atomic E-state index is 4.81. The number of aromatic nitrogens is 2. The van der Waals surface area contributed by atoms with Crippen molar-refractivity contribution in [2.45, 2.75) is 25.4 Å². The van der Waals surface area contributed by atoms with Gasteiger partial charge in [0.25, 0.3) is 0 Å². The van der Waals surface area contributed by atoms with Gasteiger partial charge in [-0.25, -0.2) is 9.97 Å². The van der Waals surface area contributed by atoms with Crippen LogP contribution in [0, 0.1) is 0 Å². The normalized spacial score (nSPS) is 22.5. The number of benzene rings is 1. The molecule has 0 radical (unpaired) electrons. The summed E-state index contributed by atoms with van der Waals surface area (Å²) in [7, 11) is 2.18. The Labute approximate surface area is 189 Å². The molecular weight excluding hydrogens is 398 g/mol. The van der Waals surface area contributed by atoms with E-state index in [4.69, 9.17) is 4.98 Å². The smallest absolute Gasteiger partial charge is 0.227 e. The fourth-order valence-electron chi connectivity index (χ4n) is 4.65. The zero-order valence-corrected chi connectivity index (χ0v) is 18.8. The molecule has 0 saturated carbocycles. The van der Waals surface area contributed by atoms with Crippen molar-refractivity contribution in [1.29, 1.82) is 0 Å². The molecule has 0 amide bonds. The van der Waals surface area contributed by atoms with Crippen LogP contribution in [0.15, 0.2) is 66.7 Å². The Balaban J connectivity index is 1.31. The molecule has 1 saturated heterocycles. The molecule has 7 heteroatoms. The molecule has 2 aromatic rings. The first kappa shape index (κ1) is 20.6. The largest absolute Gasteiger partial charge is 0.369 e. The third-order valence-corrected chi connectivity index (χ3v) is 6.45. The van der Waals surface area contributed by atoms with Gasteiger partial charge in [0.15, 0.2) is 0 Å². The van der Waals surface area contributed by atoms with Crippen LogP contribution in [0.4, 0.5) is 17.3 Å². The molecule has 1 aromatic carbocycles. The fourth-order valence-corrected chi connectivity index (χ4v) is 4.65. The summed E-state index contributed by atoms with van der Waals surface area (Å²) in [6.07, 6.45) is 12.2. The molecule has 3 aliphatic rings. The molecule has 0 bridgehead atoms. The number of nitrogens with zero attached hydrogens (tertiary/aromatic N) is 4. The number of rotatable bonds is 6. The first-order chi connectivity index (χ1) is 15.7. The molecule has 4 heterocycles. The van der Waals surface area contributed by atoms with E-state index in [0.29, 0.717) is 5.95 Å². The van der Waals surface area contributed by atoms with Crippen LogP contribution >= 0.6 is 0 Å². The monoisotopic (exact) mass is 429 g/mol. The van der Waals surface area contributed by atoms with Gasteiger partial charge in [0.2, 0.25) is 5.95 Å². The fraction of sp³-hybridized carbons (Fsp3) is 0.360. The predicted octanol–water partition coefficient (Wildman–Crippen LogP) is 3.46. The van der Waals surface area contributed by atoms with Gasteiger partial charge in [0.1, 0.15) is 5.66 Å². The predicted molar refractivity (Wildman–Crippen MR) is 131 cm³/mol. The zero-order chi connectivity index (χ0) is 22.0. The molecule has 166 valence electrons. The van der Waals surface area contributed by atoms with Crippen LogP contribution in [-0.4, -0.2) is 53.8 Å². The van der Waals surface area contributed by atoms with E-state index in [9.17, 15) is 0 Å². The molecule has 1 unspecified atom stereocenters. The van der Waals surface area contributed by atoms with Crippen molar-refractivity contribution in [2.75, 3.05) is 43.4 Å². The second-order valence-electron chi connectivity index (χ2n) is 8.67. The van der Waals surface area contributed by atoms with Crippen LogP contribution in [0.3, 0.4) is 0 Å². The minimum absolute atomic E-state index is 0.240. The van der Waals surface area contributed by atoms with Gasteiger partial charge >= 0.3 is 0 Å². The van der Waals surface area contributed by atoms with Crippen LogP contribution in [0.2, 0.25) is 0 Å². The van der Waals surface area contributed by atoms with Crippen LogP contribution in [-0.2, 0) is 0 Å². The Morgan fingerprint density at radius 2 is 1.88 bits per heavy atom. The molecule has 0 spiro atoms. The molecule has 3 aliphatic heterocycles. The number of allylic oxidation sites excluding steroid dienone is 2. The van der Waals surface area contributed by atoms with E-state index in [2.05, 4.69) is 81.2 Å². The van der Waals surface area contributed by atoms with E-state index in [1.807, 2.05) is 24.5 Å². The van der Waals surface area contributed by atoms with Crippen LogP contribution in [0.1, 0.15) is 25.5 Å². The number of piperazine rings is 1. The van der Waals surface area contributed by atoms with E-state index in [-0.39, 0.29) is 5.66 Å². The number of nitrogens with one attached hydrogen (secondary N) is 3. The summed E-state index contributed by atoms with van der Waals surface area (Å²) >= 11 is 0. The Hall–Kier alpha value is -3.32. The van der Waals surface area contributed by atoms with Gasteiger partial charge < -0.3 is 25.8 Å². The van der Waals surface area contributed by atoms with Crippen molar-refractivity contribution in [3.8, 4) is 0 Å². The summed E-state index contributed by atoms with van der Waals surface area (Å²) in [5.74, 6) is 0.601. The van der Waals surface area contributed by atoms with Crippen molar-refractivity contribution >= 4 is 22.9 Å². The summed E-state index contributed by atoms with van der Waals surface area (Å²) in [5.41, 5.74) is 5.24. The van der Waals surface area contributed by atoms with E-state index in [1.165, 1.54) is 11.3 Å². The Morgan fingerprint density at radius 1 is 1.06 bits per heavy atom. The Morgan fingerprint density at radius 3 is 2.66 bits per heavy atom. The van der Waals surface area contributed by atoms with Crippen LogP contribution in [0.25, 0.3) is 5.57 Å². The van der Waals surface area contributed by atoms with Crippen molar-refractivity contribution in [3.05, 3.63) is 72.3 Å². The van der Waals surface area contributed by atoms with Gasteiger partial charge in [-0.3, -0.25) is 0 Å². The van der Waals surface area contributed by atoms with Crippen molar-refractivity contribution in [1.82, 2.24) is 25.5 Å². The van der Waals surface area contributed by atoms with Gasteiger partial charge in [-0.2, -0.15) is 0 Å². The quantitative estimate of drug-likeness (QED) is 0.650. The Bertz CT molecular complexity index is 1050. The minimum Gasteiger partial charge on any atom is -0.369 e. The molecular formula is C25H31N7. The standard InChI is InChI=1S/C25H31N7/c1-3-11-25-22(5-4-12-27-25)21(18-28-25)23-10-13-26-24(30-23)29-19-6-8-20(9-7-19)32-16-14-31(2)15-17-32/h4-10,12-13,18,27-28H,3,11,14-17H2,1-2H3,(H,26,29,30). The van der Waals surface area contributed by atoms with Crippen LogP contribution in [0.5, 0.6) is 0 Å². The number of dihydropyridines is 1. The zero-order valence-electron chi connectivity index (χ0n) is 18.8. The minimum atomic E-state index is -0.240. The maximum absolute atomic E-state index is 4.81. The lowest BCUT2D eigenvalue weighted by Crippen LogP contribution is -2.52. The summed E-state index contributed by atoms with van der Waals surface area (Å²) < 4.78 is 0. The molecule has 3 N–H and O–H groups in total. The average Bonchev–Trinajstić information content (AvgIpc) is 3.20. The molecule has 7 nitrogen and oxygen atoms in total. The van der Waals surface area contributed by atoms with Crippen LogP contribution < -0.4 is 20.9 Å². The second-order valence-corrected chi connectivity index (χ2v) is 8.67. The van der Waals surface area contributed by atoms with Crippen molar-refractivity contribution in [3.63, 3.8) is 0 Å². The molecule has 1 atom stereocenters. The van der Waals surface area contributed by atoms with Crippen molar-refractivity contribution in [2.24, 2.45) is 0 Å². The highest BCUT2D eigenvalue weighted by Gasteiger charge is 2.39. The highest BCUT2D eigenvalue weighted by molar-refractivity contribution is 5.83. The first-order valence-electron chi connectivity index (χ1n) is 11.4. The molecule has 1 aromatic heterocycles. The summed E-state index contributed by atoms with van der Waals surface area (Å²) in [4.78, 5) is 14.1. The number of likely N-dealkylation sites (N-methyl/N-ethyl adjacent to an activating group) is 1. The topological polar surface area (TPSA) is 68.4 Å². The summed E-state index contributed by atoms with van der Waals surface area (Å²) in [5, 5.41) is 10.4. The third-order valence-electron chi connectivity index (χ3n) is 6.45. The van der Waals surface area contributed by atoms with Crippen molar-refractivity contribution < 1.29 is 0 Å². The van der Waals surface area contributed by atoms with E-state index < -0.39 is 0 Å². The maximum Gasteiger partial charge on any atom is 0.227 e. The van der Waals surface area contributed by atoms with Gasteiger partial charge in [-0.15, -0.1) is 0 Å². The van der Waals surface area contributed by atoms with Gasteiger partial charge in [-0.05, 0) is 56.1 Å². The SMILES string of the molecule is CCCC12NC=CC=C1C(c1ccnc(Nc3ccc(N4CCN(C)CC4)cc3)n1)=CN2. The third kappa shape index (κ3) is 3.96. The molecule has 0 aliphatic carbocycles.